The molecule has 1 amide bonds. The number of carbonyl (C=O) groups excluding carboxylic acids is 1. The molecule has 6 nitrogen and oxygen atoms in total. The maximum absolute atomic E-state index is 14.2. The molecule has 1 spiro atoms. The van der Waals surface area contributed by atoms with Crippen LogP contribution in [0.3, 0.4) is 0 Å². The fourth-order valence-electron chi connectivity index (χ4n) is 5.44. The second kappa shape index (κ2) is 8.17. The maximum atomic E-state index is 14.2. The average Bonchev–Trinajstić information content (AvgIpc) is 3.60. The number of aromatic nitrogens is 2. The minimum absolute atomic E-state index is 0.00784. The number of hydrogen-bond donors (Lipinski definition) is 1. The van der Waals surface area contributed by atoms with Gasteiger partial charge in [-0.2, -0.15) is 0 Å². The van der Waals surface area contributed by atoms with Crippen LogP contribution in [0.25, 0.3) is 11.1 Å². The van der Waals surface area contributed by atoms with E-state index in [0.29, 0.717) is 29.2 Å². The van der Waals surface area contributed by atoms with E-state index in [1.807, 2.05) is 17.0 Å². The van der Waals surface area contributed by atoms with Crippen LogP contribution in [0.4, 0.5) is 16.0 Å². The lowest BCUT2D eigenvalue weighted by molar-refractivity contribution is 0.0620. The van der Waals surface area contributed by atoms with Gasteiger partial charge in [-0.1, -0.05) is 24.3 Å². The minimum atomic E-state index is -0.299. The van der Waals surface area contributed by atoms with Gasteiger partial charge in [0, 0.05) is 66.4 Å². The van der Waals surface area contributed by atoms with Crippen molar-refractivity contribution in [3.63, 3.8) is 0 Å². The summed E-state index contributed by atoms with van der Waals surface area (Å²) >= 11 is 0. The number of piperidine rings is 1. The van der Waals surface area contributed by atoms with Gasteiger partial charge in [0.15, 0.2) is 0 Å². The summed E-state index contributed by atoms with van der Waals surface area (Å²) in [5.74, 6) is 0.424. The lowest BCUT2D eigenvalue weighted by atomic mass is 9.96. The highest BCUT2D eigenvalue weighted by molar-refractivity contribution is 5.96. The van der Waals surface area contributed by atoms with Gasteiger partial charge in [0.1, 0.15) is 5.82 Å². The first-order chi connectivity index (χ1) is 16.6. The van der Waals surface area contributed by atoms with Crippen molar-refractivity contribution in [1.82, 2.24) is 14.9 Å². The van der Waals surface area contributed by atoms with Gasteiger partial charge in [0.2, 0.25) is 5.95 Å². The molecular formula is C27H27FN4O2. The second-order valence-corrected chi connectivity index (χ2v) is 9.79. The number of halogens is 1. The van der Waals surface area contributed by atoms with Gasteiger partial charge >= 0.3 is 0 Å². The van der Waals surface area contributed by atoms with Crippen molar-refractivity contribution in [2.45, 2.75) is 31.1 Å². The van der Waals surface area contributed by atoms with Crippen molar-refractivity contribution in [2.24, 2.45) is 5.92 Å². The molecule has 3 heterocycles. The molecule has 1 aromatic heterocycles. The molecule has 1 saturated heterocycles. The Kier molecular flexibility index (Phi) is 5.10. The molecule has 6 rings (SSSR count). The number of carbonyl (C=O) groups is 1. The SMILES string of the molecule is O=C(c1ccc2c(c1)N(c1ncc(-c3ccccc3F)cn1)CC21CC1)N1CCC[C@@H](CO)C1. The van der Waals surface area contributed by atoms with Crippen LogP contribution in [0.15, 0.2) is 54.9 Å². The van der Waals surface area contributed by atoms with Crippen molar-refractivity contribution in [3.8, 4) is 11.1 Å². The Labute approximate surface area is 198 Å². The molecule has 1 atom stereocenters. The van der Waals surface area contributed by atoms with Crippen LogP contribution >= 0.6 is 0 Å². The highest BCUT2D eigenvalue weighted by Gasteiger charge is 2.52. The number of aliphatic hydroxyl groups excluding tert-OH is 1. The fourth-order valence-corrected chi connectivity index (χ4v) is 5.44. The molecule has 3 aliphatic rings. The summed E-state index contributed by atoms with van der Waals surface area (Å²) in [5, 5.41) is 9.54. The molecule has 7 heteroatoms. The highest BCUT2D eigenvalue weighted by Crippen LogP contribution is 2.57. The summed E-state index contributed by atoms with van der Waals surface area (Å²) in [6.45, 7) is 2.22. The normalized spacial score (nSPS) is 20.5. The summed E-state index contributed by atoms with van der Waals surface area (Å²) in [6.07, 6.45) is 7.43. The first-order valence-electron chi connectivity index (χ1n) is 12.0. The third-order valence-electron chi connectivity index (χ3n) is 7.55. The number of amides is 1. The number of likely N-dealkylation sites (tertiary alicyclic amines) is 1. The molecule has 1 N–H and O–H groups in total. The van der Waals surface area contributed by atoms with Crippen molar-refractivity contribution in [3.05, 3.63) is 71.8 Å². The highest BCUT2D eigenvalue weighted by atomic mass is 19.1. The molecule has 3 aromatic rings. The molecule has 0 bridgehead atoms. The number of nitrogens with zero attached hydrogens (tertiary/aromatic N) is 4. The number of rotatable bonds is 4. The quantitative estimate of drug-likeness (QED) is 0.631. The van der Waals surface area contributed by atoms with E-state index in [0.717, 1.165) is 44.5 Å². The van der Waals surface area contributed by atoms with Gasteiger partial charge in [-0.25, -0.2) is 14.4 Å². The fraction of sp³-hybridized carbons (Fsp3) is 0.370. The van der Waals surface area contributed by atoms with Crippen molar-refractivity contribution in [2.75, 3.05) is 31.1 Å². The van der Waals surface area contributed by atoms with Crippen molar-refractivity contribution in [1.29, 1.82) is 0 Å². The number of hydrogen-bond acceptors (Lipinski definition) is 5. The van der Waals surface area contributed by atoms with E-state index in [-0.39, 0.29) is 29.7 Å². The molecule has 2 fully saturated rings. The van der Waals surface area contributed by atoms with Crippen LogP contribution in [-0.4, -0.2) is 52.1 Å². The van der Waals surface area contributed by atoms with Gasteiger partial charge in [0.05, 0.1) is 0 Å². The van der Waals surface area contributed by atoms with E-state index < -0.39 is 0 Å². The lowest BCUT2D eigenvalue weighted by Gasteiger charge is -2.32. The zero-order valence-corrected chi connectivity index (χ0v) is 19.0. The molecule has 0 unspecified atom stereocenters. The molecule has 34 heavy (non-hydrogen) atoms. The summed E-state index contributed by atoms with van der Waals surface area (Å²) in [4.78, 5) is 26.4. The third-order valence-corrected chi connectivity index (χ3v) is 7.55. The number of anilines is 2. The number of aliphatic hydroxyl groups is 1. The summed E-state index contributed by atoms with van der Waals surface area (Å²) in [7, 11) is 0. The zero-order valence-electron chi connectivity index (χ0n) is 19.0. The van der Waals surface area contributed by atoms with Gasteiger partial charge in [0.25, 0.3) is 5.91 Å². The van der Waals surface area contributed by atoms with Crippen LogP contribution in [0, 0.1) is 11.7 Å². The average molecular weight is 459 g/mol. The standard InChI is InChI=1S/C27H27FN4O2/c28-23-6-2-1-5-21(23)20-13-29-26(30-14-20)32-17-27(9-10-27)22-8-7-19(12-24(22)32)25(34)31-11-3-4-18(15-31)16-33/h1-2,5-8,12-14,18,33H,3-4,9-11,15-17H2/t18-/m1/s1. The van der Waals surface area contributed by atoms with Crippen LogP contribution in [0.5, 0.6) is 0 Å². The van der Waals surface area contributed by atoms with E-state index in [1.54, 1.807) is 30.6 Å². The molecule has 2 aromatic carbocycles. The molecule has 174 valence electrons. The van der Waals surface area contributed by atoms with E-state index >= 15 is 0 Å². The van der Waals surface area contributed by atoms with Crippen molar-refractivity contribution < 1.29 is 14.3 Å². The molecule has 0 radical (unpaired) electrons. The van der Waals surface area contributed by atoms with Gasteiger partial charge < -0.3 is 14.9 Å². The topological polar surface area (TPSA) is 69.6 Å². The van der Waals surface area contributed by atoms with Crippen molar-refractivity contribution >= 4 is 17.5 Å². The van der Waals surface area contributed by atoms with Crippen LogP contribution in [0.1, 0.15) is 41.6 Å². The van der Waals surface area contributed by atoms with Gasteiger partial charge in [-0.05, 0) is 55.4 Å². The first kappa shape index (κ1) is 21.2. The summed E-state index contributed by atoms with van der Waals surface area (Å²) < 4.78 is 14.2. The van der Waals surface area contributed by atoms with Crippen LogP contribution in [-0.2, 0) is 5.41 Å². The summed E-state index contributed by atoms with van der Waals surface area (Å²) in [6, 6.07) is 12.6. The van der Waals surface area contributed by atoms with Gasteiger partial charge in [-0.3, -0.25) is 4.79 Å². The zero-order chi connectivity index (χ0) is 23.3. The molecule has 1 aliphatic carbocycles. The largest absolute Gasteiger partial charge is 0.396 e. The Balaban J connectivity index is 1.31. The summed E-state index contributed by atoms with van der Waals surface area (Å²) in [5.41, 5.74) is 4.11. The van der Waals surface area contributed by atoms with Crippen LogP contribution in [0.2, 0.25) is 0 Å². The second-order valence-electron chi connectivity index (χ2n) is 9.79. The van der Waals surface area contributed by atoms with E-state index in [1.165, 1.54) is 11.6 Å². The monoisotopic (exact) mass is 458 g/mol. The van der Waals surface area contributed by atoms with Crippen LogP contribution < -0.4 is 4.90 Å². The maximum Gasteiger partial charge on any atom is 0.253 e. The van der Waals surface area contributed by atoms with E-state index in [9.17, 15) is 14.3 Å². The third kappa shape index (κ3) is 3.55. The number of benzene rings is 2. The smallest absolute Gasteiger partial charge is 0.253 e. The Morgan fingerprint density at radius 2 is 1.94 bits per heavy atom. The molecule has 1 saturated carbocycles. The molecular weight excluding hydrogens is 431 g/mol. The predicted octanol–water partition coefficient (Wildman–Crippen LogP) is 4.31. The van der Waals surface area contributed by atoms with E-state index in [2.05, 4.69) is 20.9 Å². The lowest BCUT2D eigenvalue weighted by Crippen LogP contribution is -2.41. The van der Waals surface area contributed by atoms with E-state index in [4.69, 9.17) is 0 Å². The Bertz CT molecular complexity index is 1240. The predicted molar refractivity (Wildman–Crippen MR) is 127 cm³/mol. The van der Waals surface area contributed by atoms with Gasteiger partial charge in [-0.15, -0.1) is 0 Å². The minimum Gasteiger partial charge on any atom is -0.396 e. The Morgan fingerprint density at radius 1 is 1.15 bits per heavy atom. The Morgan fingerprint density at radius 3 is 2.68 bits per heavy atom. The Hall–Kier alpha value is -3.32. The first-order valence-corrected chi connectivity index (χ1v) is 12.0. The molecule has 2 aliphatic heterocycles. The number of fused-ring (bicyclic) bond motifs is 2.